The molecule has 2 N–H and O–H groups in total. The monoisotopic (exact) mass is 387 g/mol. The van der Waals surface area contributed by atoms with Crippen molar-refractivity contribution in [1.82, 2.24) is 25.2 Å². The first-order valence-corrected chi connectivity index (χ1v) is 8.05. The summed E-state index contributed by atoms with van der Waals surface area (Å²) in [7, 11) is 0. The highest BCUT2D eigenvalue weighted by atomic mass is 19.4. The first-order chi connectivity index (χ1) is 12.4. The molecule has 0 fully saturated rings. The molecule has 0 saturated heterocycles. The highest BCUT2D eigenvalue weighted by Crippen LogP contribution is 2.29. The minimum absolute atomic E-state index is 0.00834. The Morgan fingerprint density at radius 1 is 1.26 bits per heavy atom. The van der Waals surface area contributed by atoms with Crippen LogP contribution in [-0.4, -0.2) is 38.2 Å². The van der Waals surface area contributed by atoms with Gasteiger partial charge in [-0.05, 0) is 39.8 Å². The Balaban J connectivity index is 1.98. The summed E-state index contributed by atoms with van der Waals surface area (Å²) in [4.78, 5) is 23.7. The van der Waals surface area contributed by atoms with Gasteiger partial charge in [0.1, 0.15) is 11.6 Å². The van der Waals surface area contributed by atoms with Crippen LogP contribution < -0.4 is 10.6 Å². The molecule has 0 aliphatic rings. The summed E-state index contributed by atoms with van der Waals surface area (Å²) >= 11 is 0. The molecule has 2 rings (SSSR count). The van der Waals surface area contributed by atoms with Crippen LogP contribution in [0.15, 0.2) is 18.3 Å². The van der Waals surface area contributed by atoms with Crippen molar-refractivity contribution in [3.05, 3.63) is 29.7 Å². The zero-order valence-corrected chi connectivity index (χ0v) is 15.2. The number of nitrogens with one attached hydrogen (secondary N) is 2. The largest absolute Gasteiger partial charge is 0.444 e. The van der Waals surface area contributed by atoms with E-state index in [4.69, 9.17) is 4.74 Å². The number of pyridine rings is 1. The van der Waals surface area contributed by atoms with Gasteiger partial charge in [0, 0.05) is 6.20 Å². The van der Waals surface area contributed by atoms with Gasteiger partial charge >= 0.3 is 12.3 Å². The number of aromatic nitrogens is 3. The fourth-order valence-electron chi connectivity index (χ4n) is 2.11. The number of rotatable bonds is 4. The number of alkyl carbamates (subject to hydrolysis) is 1. The normalized spacial score (nSPS) is 13.3. The van der Waals surface area contributed by atoms with Crippen LogP contribution in [0.2, 0.25) is 0 Å². The fourth-order valence-corrected chi connectivity index (χ4v) is 2.11. The van der Waals surface area contributed by atoms with Crippen molar-refractivity contribution in [2.75, 3.05) is 0 Å². The van der Waals surface area contributed by atoms with Crippen LogP contribution in [0.1, 0.15) is 39.1 Å². The van der Waals surface area contributed by atoms with E-state index in [0.717, 1.165) is 12.1 Å². The Hall–Kier alpha value is -2.85. The molecule has 11 heteroatoms. The molecule has 2 aromatic rings. The first-order valence-electron chi connectivity index (χ1n) is 8.05. The summed E-state index contributed by atoms with van der Waals surface area (Å²) in [6.45, 7) is 6.47. The molecular formula is C16H20F3N5O3. The predicted molar refractivity (Wildman–Crippen MR) is 88.7 cm³/mol. The van der Waals surface area contributed by atoms with Crippen LogP contribution in [0.3, 0.4) is 0 Å². The van der Waals surface area contributed by atoms with Gasteiger partial charge in [-0.3, -0.25) is 9.20 Å². The number of nitrogens with zero attached hydrogens (tertiary/aromatic N) is 3. The number of alkyl halides is 3. The molecule has 1 atom stereocenters. The van der Waals surface area contributed by atoms with E-state index in [1.165, 1.54) is 17.5 Å². The average Bonchev–Trinajstić information content (AvgIpc) is 2.92. The minimum atomic E-state index is -4.48. The fraction of sp³-hybridized carbons (Fsp3) is 0.500. The third kappa shape index (κ3) is 5.56. The van der Waals surface area contributed by atoms with E-state index in [0.29, 0.717) is 0 Å². The zero-order chi connectivity index (χ0) is 20.4. The van der Waals surface area contributed by atoms with Crippen LogP contribution in [0.4, 0.5) is 18.0 Å². The lowest BCUT2D eigenvalue weighted by Crippen LogP contribution is -2.46. The van der Waals surface area contributed by atoms with E-state index in [1.807, 2.05) is 0 Å². The van der Waals surface area contributed by atoms with Gasteiger partial charge in [-0.1, -0.05) is 0 Å². The lowest BCUT2D eigenvalue weighted by Gasteiger charge is -2.21. The predicted octanol–water partition coefficient (Wildman–Crippen LogP) is 2.28. The van der Waals surface area contributed by atoms with Crippen molar-refractivity contribution >= 4 is 17.6 Å². The molecule has 0 spiro atoms. The number of carbonyl (C=O) groups excluding carboxylic acids is 2. The van der Waals surface area contributed by atoms with Crippen molar-refractivity contribution < 1.29 is 27.5 Å². The van der Waals surface area contributed by atoms with Crippen molar-refractivity contribution in [2.45, 2.75) is 52.1 Å². The molecule has 1 unspecified atom stereocenters. The molecule has 0 bridgehead atoms. The Kier molecular flexibility index (Phi) is 5.62. The SMILES string of the molecule is CC(NC(=O)OC(C)(C)C)C(=O)NCc1nnc2cc(C(F)(F)F)ccn12. The van der Waals surface area contributed by atoms with Crippen LogP contribution in [0.5, 0.6) is 0 Å². The van der Waals surface area contributed by atoms with E-state index < -0.39 is 35.4 Å². The van der Waals surface area contributed by atoms with Gasteiger partial charge in [0.05, 0.1) is 12.1 Å². The van der Waals surface area contributed by atoms with E-state index in [1.54, 1.807) is 20.8 Å². The molecule has 0 saturated carbocycles. The van der Waals surface area contributed by atoms with Gasteiger partial charge in [0.2, 0.25) is 5.91 Å². The smallest absolute Gasteiger partial charge is 0.416 e. The number of hydrogen-bond acceptors (Lipinski definition) is 5. The van der Waals surface area contributed by atoms with Gasteiger partial charge in [-0.15, -0.1) is 10.2 Å². The second kappa shape index (κ2) is 7.41. The van der Waals surface area contributed by atoms with E-state index >= 15 is 0 Å². The number of amides is 2. The molecule has 0 radical (unpaired) electrons. The second-order valence-corrected chi connectivity index (χ2v) is 6.84. The lowest BCUT2D eigenvalue weighted by atomic mass is 10.2. The molecule has 8 nitrogen and oxygen atoms in total. The van der Waals surface area contributed by atoms with Crippen molar-refractivity contribution in [2.24, 2.45) is 0 Å². The molecule has 0 aliphatic carbocycles. The lowest BCUT2D eigenvalue weighted by molar-refractivity contribution is -0.137. The number of ether oxygens (including phenoxy) is 1. The van der Waals surface area contributed by atoms with E-state index in [-0.39, 0.29) is 18.0 Å². The summed E-state index contributed by atoms with van der Waals surface area (Å²) < 4.78 is 44.5. The second-order valence-electron chi connectivity index (χ2n) is 6.84. The molecule has 2 heterocycles. The van der Waals surface area contributed by atoms with E-state index in [2.05, 4.69) is 20.8 Å². The van der Waals surface area contributed by atoms with Crippen molar-refractivity contribution in [1.29, 1.82) is 0 Å². The summed E-state index contributed by atoms with van der Waals surface area (Å²) in [6, 6.07) is 0.884. The van der Waals surface area contributed by atoms with Gasteiger partial charge in [-0.25, -0.2) is 4.79 Å². The quantitative estimate of drug-likeness (QED) is 0.839. The Labute approximate surface area is 153 Å². The summed E-state index contributed by atoms with van der Waals surface area (Å²) in [6.07, 6.45) is -4.04. The number of carbonyl (C=O) groups is 2. The molecule has 148 valence electrons. The number of halogens is 3. The molecule has 2 amide bonds. The number of fused-ring (bicyclic) bond motifs is 1. The van der Waals surface area contributed by atoms with Gasteiger partial charge in [0.15, 0.2) is 11.5 Å². The standard InChI is InChI=1S/C16H20F3N5O3/c1-9(21-14(26)27-15(2,3)4)13(25)20-8-12-23-22-11-7-10(16(17,18)19)5-6-24(11)12/h5-7,9H,8H2,1-4H3,(H,20,25)(H,21,26). The summed E-state index contributed by atoms with van der Waals surface area (Å²) in [5.74, 6) is -0.263. The minimum Gasteiger partial charge on any atom is -0.444 e. The van der Waals surface area contributed by atoms with Gasteiger partial charge < -0.3 is 15.4 Å². The molecule has 2 aromatic heterocycles. The van der Waals surface area contributed by atoms with Gasteiger partial charge in [0.25, 0.3) is 0 Å². The summed E-state index contributed by atoms with van der Waals surface area (Å²) in [5, 5.41) is 12.4. The van der Waals surface area contributed by atoms with Crippen molar-refractivity contribution in [3.63, 3.8) is 0 Å². The van der Waals surface area contributed by atoms with E-state index in [9.17, 15) is 22.8 Å². The van der Waals surface area contributed by atoms with Crippen LogP contribution in [-0.2, 0) is 22.3 Å². The maximum absolute atomic E-state index is 12.7. The Morgan fingerprint density at radius 3 is 2.52 bits per heavy atom. The summed E-state index contributed by atoms with van der Waals surface area (Å²) in [5.41, 5.74) is -1.53. The Bertz CT molecular complexity index is 842. The average molecular weight is 387 g/mol. The molecule has 0 aliphatic heterocycles. The highest BCUT2D eigenvalue weighted by molar-refractivity contribution is 5.85. The Morgan fingerprint density at radius 2 is 1.93 bits per heavy atom. The maximum atomic E-state index is 12.7. The third-order valence-corrected chi connectivity index (χ3v) is 3.36. The van der Waals surface area contributed by atoms with Gasteiger partial charge in [-0.2, -0.15) is 13.2 Å². The topological polar surface area (TPSA) is 97.6 Å². The van der Waals surface area contributed by atoms with Crippen LogP contribution in [0, 0.1) is 0 Å². The first kappa shape index (κ1) is 20.5. The van der Waals surface area contributed by atoms with Crippen LogP contribution in [0.25, 0.3) is 5.65 Å². The number of hydrogen-bond donors (Lipinski definition) is 2. The highest BCUT2D eigenvalue weighted by Gasteiger charge is 2.31. The maximum Gasteiger partial charge on any atom is 0.416 e. The molecule has 0 aromatic carbocycles. The van der Waals surface area contributed by atoms with Crippen LogP contribution >= 0.6 is 0 Å². The van der Waals surface area contributed by atoms with Crippen molar-refractivity contribution in [3.8, 4) is 0 Å². The third-order valence-electron chi connectivity index (χ3n) is 3.36. The molecule has 27 heavy (non-hydrogen) atoms. The molecular weight excluding hydrogens is 367 g/mol. The zero-order valence-electron chi connectivity index (χ0n) is 15.2.